The lowest BCUT2D eigenvalue weighted by atomic mass is 10.2. The van der Waals surface area contributed by atoms with Gasteiger partial charge in [-0.3, -0.25) is 0 Å². The van der Waals surface area contributed by atoms with E-state index in [0.29, 0.717) is 17.5 Å². The van der Waals surface area contributed by atoms with Crippen molar-refractivity contribution in [2.45, 2.75) is 20.4 Å². The summed E-state index contributed by atoms with van der Waals surface area (Å²) in [6.45, 7) is 4.73. The lowest BCUT2D eigenvalue weighted by Crippen LogP contribution is -2.10. The summed E-state index contributed by atoms with van der Waals surface area (Å²) in [6, 6.07) is 1.46. The standard InChI is InChI=1S/C9H12ClNO2/c1-6(2)4-11-5-7(10)3-8(11)9(12)13/h3,5-6H,4H2,1-2H3,(H,12,13). The van der Waals surface area contributed by atoms with Crippen molar-refractivity contribution in [1.82, 2.24) is 4.57 Å². The number of halogens is 1. The third-order valence-corrected chi connectivity index (χ3v) is 1.85. The molecule has 1 rings (SSSR count). The van der Waals surface area contributed by atoms with Gasteiger partial charge in [-0.2, -0.15) is 0 Å². The predicted octanol–water partition coefficient (Wildman–Crippen LogP) is 2.50. The van der Waals surface area contributed by atoms with E-state index in [1.807, 2.05) is 13.8 Å². The number of hydrogen-bond acceptors (Lipinski definition) is 1. The van der Waals surface area contributed by atoms with Crippen LogP contribution in [0.4, 0.5) is 0 Å². The van der Waals surface area contributed by atoms with Crippen LogP contribution in [0.5, 0.6) is 0 Å². The molecule has 0 aliphatic heterocycles. The van der Waals surface area contributed by atoms with E-state index in [1.165, 1.54) is 6.07 Å². The molecule has 0 bridgehead atoms. The minimum Gasteiger partial charge on any atom is -0.477 e. The van der Waals surface area contributed by atoms with Crippen LogP contribution >= 0.6 is 11.6 Å². The first-order valence-electron chi connectivity index (χ1n) is 4.09. The Labute approximate surface area is 81.9 Å². The average Bonchev–Trinajstić information content (AvgIpc) is 2.29. The molecule has 0 aliphatic carbocycles. The monoisotopic (exact) mass is 201 g/mol. The Morgan fingerprint density at radius 3 is 2.77 bits per heavy atom. The first kappa shape index (κ1) is 10.1. The molecule has 1 aromatic rings. The molecule has 3 nitrogen and oxygen atoms in total. The highest BCUT2D eigenvalue weighted by molar-refractivity contribution is 6.30. The molecule has 0 aliphatic rings. The Hall–Kier alpha value is -0.960. The van der Waals surface area contributed by atoms with Crippen LogP contribution in [-0.2, 0) is 6.54 Å². The summed E-state index contributed by atoms with van der Waals surface area (Å²) in [5.41, 5.74) is 0.249. The van der Waals surface area contributed by atoms with Crippen LogP contribution in [0.2, 0.25) is 5.02 Å². The molecule has 0 fully saturated rings. The number of carboxylic acids is 1. The van der Waals surface area contributed by atoms with Crippen LogP contribution in [0.1, 0.15) is 24.3 Å². The quantitative estimate of drug-likeness (QED) is 0.817. The maximum Gasteiger partial charge on any atom is 0.352 e. The van der Waals surface area contributed by atoms with E-state index < -0.39 is 5.97 Å². The second kappa shape index (κ2) is 3.83. The van der Waals surface area contributed by atoms with E-state index in [-0.39, 0.29) is 5.69 Å². The molecular weight excluding hydrogens is 190 g/mol. The van der Waals surface area contributed by atoms with E-state index in [2.05, 4.69) is 0 Å². The summed E-state index contributed by atoms with van der Waals surface area (Å²) in [6.07, 6.45) is 1.64. The lowest BCUT2D eigenvalue weighted by Gasteiger charge is -2.08. The van der Waals surface area contributed by atoms with Gasteiger partial charge in [0.1, 0.15) is 5.69 Å². The van der Waals surface area contributed by atoms with E-state index in [9.17, 15) is 4.79 Å². The van der Waals surface area contributed by atoms with Crippen molar-refractivity contribution in [3.05, 3.63) is 23.0 Å². The van der Waals surface area contributed by atoms with Crippen molar-refractivity contribution in [3.63, 3.8) is 0 Å². The van der Waals surface area contributed by atoms with Gasteiger partial charge in [0.15, 0.2) is 0 Å². The summed E-state index contributed by atoms with van der Waals surface area (Å²) in [5, 5.41) is 9.28. The number of hydrogen-bond donors (Lipinski definition) is 1. The molecule has 72 valence electrons. The molecule has 0 aromatic carbocycles. The highest BCUT2D eigenvalue weighted by Crippen LogP contribution is 2.15. The highest BCUT2D eigenvalue weighted by Gasteiger charge is 2.11. The van der Waals surface area contributed by atoms with Gasteiger partial charge < -0.3 is 9.67 Å². The number of aromatic carboxylic acids is 1. The van der Waals surface area contributed by atoms with Gasteiger partial charge in [0.05, 0.1) is 5.02 Å². The fourth-order valence-electron chi connectivity index (χ4n) is 1.20. The van der Waals surface area contributed by atoms with Gasteiger partial charge >= 0.3 is 5.97 Å². The van der Waals surface area contributed by atoms with Crippen molar-refractivity contribution in [2.24, 2.45) is 5.92 Å². The normalized spacial score (nSPS) is 10.8. The molecule has 0 radical (unpaired) electrons. The molecule has 0 spiro atoms. The Bertz CT molecular complexity index is 317. The summed E-state index contributed by atoms with van der Waals surface area (Å²) in [4.78, 5) is 10.7. The first-order chi connectivity index (χ1) is 6.00. The molecule has 1 N–H and O–H groups in total. The third-order valence-electron chi connectivity index (χ3n) is 1.64. The van der Waals surface area contributed by atoms with Gasteiger partial charge in [-0.25, -0.2) is 4.79 Å². The van der Waals surface area contributed by atoms with Crippen LogP contribution in [0.3, 0.4) is 0 Å². The third kappa shape index (κ3) is 2.49. The highest BCUT2D eigenvalue weighted by atomic mass is 35.5. The van der Waals surface area contributed by atoms with Gasteiger partial charge in [0.25, 0.3) is 0 Å². The van der Waals surface area contributed by atoms with Gasteiger partial charge in [-0.05, 0) is 12.0 Å². The second-order valence-electron chi connectivity index (χ2n) is 3.39. The first-order valence-corrected chi connectivity index (χ1v) is 4.47. The Balaban J connectivity index is 2.97. The number of carboxylic acid groups (broad SMARTS) is 1. The van der Waals surface area contributed by atoms with Gasteiger partial charge in [0, 0.05) is 12.7 Å². The number of aromatic nitrogens is 1. The summed E-state index contributed by atoms with van der Waals surface area (Å²) in [7, 11) is 0. The van der Waals surface area contributed by atoms with E-state index >= 15 is 0 Å². The van der Waals surface area contributed by atoms with Crippen LogP contribution in [0, 0.1) is 5.92 Å². The molecular formula is C9H12ClNO2. The molecule has 13 heavy (non-hydrogen) atoms. The number of rotatable bonds is 3. The fraction of sp³-hybridized carbons (Fsp3) is 0.444. The van der Waals surface area contributed by atoms with E-state index in [1.54, 1.807) is 10.8 Å². The minimum absolute atomic E-state index is 0.249. The second-order valence-corrected chi connectivity index (χ2v) is 3.83. The lowest BCUT2D eigenvalue weighted by molar-refractivity contribution is 0.0684. The van der Waals surface area contributed by atoms with Crippen molar-refractivity contribution >= 4 is 17.6 Å². The largest absolute Gasteiger partial charge is 0.477 e. The summed E-state index contributed by atoms with van der Waals surface area (Å²) >= 11 is 5.71. The molecule has 0 unspecified atom stereocenters. The van der Waals surface area contributed by atoms with Crippen molar-refractivity contribution in [1.29, 1.82) is 0 Å². The molecule has 1 heterocycles. The SMILES string of the molecule is CC(C)Cn1cc(Cl)cc1C(=O)O. The zero-order valence-electron chi connectivity index (χ0n) is 7.62. The van der Waals surface area contributed by atoms with Crippen LogP contribution in [-0.4, -0.2) is 15.6 Å². The zero-order chi connectivity index (χ0) is 10.0. The Morgan fingerprint density at radius 2 is 2.31 bits per heavy atom. The van der Waals surface area contributed by atoms with Crippen LogP contribution < -0.4 is 0 Å². The van der Waals surface area contributed by atoms with Crippen LogP contribution in [0.15, 0.2) is 12.3 Å². The number of carbonyl (C=O) groups is 1. The smallest absolute Gasteiger partial charge is 0.352 e. The minimum atomic E-state index is -0.937. The summed E-state index contributed by atoms with van der Waals surface area (Å²) in [5.74, 6) is -0.533. The van der Waals surface area contributed by atoms with E-state index in [4.69, 9.17) is 16.7 Å². The van der Waals surface area contributed by atoms with Crippen molar-refractivity contribution < 1.29 is 9.90 Å². The van der Waals surface area contributed by atoms with Crippen molar-refractivity contribution in [2.75, 3.05) is 0 Å². The van der Waals surface area contributed by atoms with Gasteiger partial charge in [-0.15, -0.1) is 0 Å². The van der Waals surface area contributed by atoms with Gasteiger partial charge in [-0.1, -0.05) is 25.4 Å². The number of nitrogens with zero attached hydrogens (tertiary/aromatic N) is 1. The molecule has 4 heteroatoms. The molecule has 1 aromatic heterocycles. The molecule has 0 saturated heterocycles. The van der Waals surface area contributed by atoms with E-state index in [0.717, 1.165) is 0 Å². The molecule has 0 atom stereocenters. The molecule has 0 saturated carbocycles. The van der Waals surface area contributed by atoms with Crippen LogP contribution in [0.25, 0.3) is 0 Å². The zero-order valence-corrected chi connectivity index (χ0v) is 8.38. The Morgan fingerprint density at radius 1 is 1.69 bits per heavy atom. The maximum atomic E-state index is 10.7. The maximum absolute atomic E-state index is 10.7. The Kier molecular flexibility index (Phi) is 2.98. The summed E-state index contributed by atoms with van der Waals surface area (Å²) < 4.78 is 1.66. The topological polar surface area (TPSA) is 42.2 Å². The molecule has 0 amide bonds. The van der Waals surface area contributed by atoms with Gasteiger partial charge in [0.2, 0.25) is 0 Å². The average molecular weight is 202 g/mol. The predicted molar refractivity (Wildman–Crippen MR) is 51.2 cm³/mol. The fourth-order valence-corrected chi connectivity index (χ4v) is 1.42. The van der Waals surface area contributed by atoms with Crippen molar-refractivity contribution in [3.8, 4) is 0 Å².